The maximum atomic E-state index is 9.74. The number of hydrogen-bond acceptors (Lipinski definition) is 3. The predicted molar refractivity (Wildman–Crippen MR) is 46.5 cm³/mol. The number of phenols is 1. The molecule has 3 nitrogen and oxygen atoms in total. The molecule has 0 amide bonds. The summed E-state index contributed by atoms with van der Waals surface area (Å²) in [6.45, 7) is 0. The number of hydrogen-bond donors (Lipinski definition) is 1. The van der Waals surface area contributed by atoms with Crippen LogP contribution in [0.4, 0.5) is 5.69 Å². The van der Waals surface area contributed by atoms with Crippen molar-refractivity contribution < 1.29 is 9.90 Å². The molecule has 1 rings (SSSR count). The maximum absolute atomic E-state index is 9.74. The Bertz CT molecular complexity index is 321. The zero-order valence-corrected chi connectivity index (χ0v) is 6.27. The lowest BCUT2D eigenvalue weighted by Gasteiger charge is -1.91. The highest BCUT2D eigenvalue weighted by molar-refractivity contribution is 5.83. The number of rotatable bonds is 2. The maximum Gasteiger partial charge on any atom is 0.126 e. The van der Waals surface area contributed by atoms with E-state index in [4.69, 9.17) is 5.11 Å². The number of benzene rings is 1. The predicted octanol–water partition coefficient (Wildman–Crippen LogP) is 1.48. The second-order valence-electron chi connectivity index (χ2n) is 2.08. The molecule has 0 saturated heterocycles. The van der Waals surface area contributed by atoms with Gasteiger partial charge in [0.05, 0.1) is 5.69 Å². The molecule has 3 heteroatoms. The minimum atomic E-state index is 0.194. The van der Waals surface area contributed by atoms with Gasteiger partial charge in [0.2, 0.25) is 0 Å². The summed E-state index contributed by atoms with van der Waals surface area (Å²) < 4.78 is 0. The van der Waals surface area contributed by atoms with Crippen LogP contribution >= 0.6 is 0 Å². The third-order valence-corrected chi connectivity index (χ3v) is 1.22. The first kappa shape index (κ1) is 8.24. The summed E-state index contributed by atoms with van der Waals surface area (Å²) in [7, 11) is 0. The highest BCUT2D eigenvalue weighted by atomic mass is 16.3. The van der Waals surface area contributed by atoms with Gasteiger partial charge in [-0.2, -0.15) is 0 Å². The van der Waals surface area contributed by atoms with E-state index in [9.17, 15) is 4.79 Å². The molecule has 0 saturated carbocycles. The minimum absolute atomic E-state index is 0.194. The van der Waals surface area contributed by atoms with Gasteiger partial charge in [-0.1, -0.05) is 0 Å². The largest absolute Gasteiger partial charge is 0.508 e. The third kappa shape index (κ3) is 2.40. The minimum Gasteiger partial charge on any atom is -0.508 e. The second-order valence-corrected chi connectivity index (χ2v) is 2.08. The molecule has 0 radical (unpaired) electrons. The summed E-state index contributed by atoms with van der Waals surface area (Å²) in [5.41, 5.74) is 0.680. The van der Waals surface area contributed by atoms with Crippen LogP contribution in [-0.2, 0) is 4.79 Å². The molecule has 1 aromatic carbocycles. The zero-order valence-electron chi connectivity index (χ0n) is 6.27. The van der Waals surface area contributed by atoms with Crippen LogP contribution < -0.4 is 0 Å². The first-order valence-electron chi connectivity index (χ1n) is 3.35. The van der Waals surface area contributed by atoms with E-state index in [2.05, 4.69) is 4.99 Å². The van der Waals surface area contributed by atoms with E-state index in [0.29, 0.717) is 5.69 Å². The summed E-state index contributed by atoms with van der Waals surface area (Å²) in [5.74, 6) is 1.77. The van der Waals surface area contributed by atoms with Gasteiger partial charge in [-0.3, -0.25) is 4.99 Å². The van der Waals surface area contributed by atoms with Crippen LogP contribution in [0.5, 0.6) is 5.75 Å². The van der Waals surface area contributed by atoms with Gasteiger partial charge in [-0.15, -0.1) is 0 Å². The van der Waals surface area contributed by atoms with Crippen LogP contribution in [0.3, 0.4) is 0 Å². The monoisotopic (exact) mass is 161 g/mol. The van der Waals surface area contributed by atoms with Crippen molar-refractivity contribution in [1.82, 2.24) is 0 Å². The zero-order chi connectivity index (χ0) is 8.81. The Balaban J connectivity index is 2.77. The number of allylic oxidation sites excluding steroid dienone is 1. The second kappa shape index (κ2) is 4.11. The summed E-state index contributed by atoms with van der Waals surface area (Å²) >= 11 is 0. The first-order valence-corrected chi connectivity index (χ1v) is 3.35. The van der Waals surface area contributed by atoms with Gasteiger partial charge in [-0.05, 0) is 24.3 Å². The summed E-state index contributed by atoms with van der Waals surface area (Å²) in [4.78, 5) is 13.6. The molecule has 0 aliphatic heterocycles. The van der Waals surface area contributed by atoms with E-state index >= 15 is 0 Å². The summed E-state index contributed by atoms with van der Waals surface area (Å²) in [6.07, 6.45) is 2.52. The van der Waals surface area contributed by atoms with Crippen molar-refractivity contribution in [2.24, 2.45) is 4.99 Å². The smallest absolute Gasteiger partial charge is 0.126 e. The average molecular weight is 161 g/mol. The Morgan fingerprint density at radius 2 is 2.00 bits per heavy atom. The van der Waals surface area contributed by atoms with Crippen molar-refractivity contribution in [3.63, 3.8) is 0 Å². The van der Waals surface area contributed by atoms with Gasteiger partial charge in [0, 0.05) is 12.3 Å². The standard InChI is InChI=1S/C9H7NO2/c11-7-1-6-10-8-2-4-9(12)5-3-8/h1-6,12H. The van der Waals surface area contributed by atoms with Gasteiger partial charge in [0.25, 0.3) is 0 Å². The van der Waals surface area contributed by atoms with Gasteiger partial charge < -0.3 is 5.11 Å². The molecule has 12 heavy (non-hydrogen) atoms. The molecule has 0 heterocycles. The van der Waals surface area contributed by atoms with E-state index in [-0.39, 0.29) is 5.75 Å². The van der Waals surface area contributed by atoms with E-state index in [0.717, 1.165) is 0 Å². The van der Waals surface area contributed by atoms with Crippen molar-refractivity contribution in [3.05, 3.63) is 30.3 Å². The van der Waals surface area contributed by atoms with Crippen LogP contribution in [-0.4, -0.2) is 17.3 Å². The first-order chi connectivity index (χ1) is 5.83. The Hall–Kier alpha value is -1.86. The fourth-order valence-corrected chi connectivity index (χ4v) is 0.692. The van der Waals surface area contributed by atoms with Gasteiger partial charge >= 0.3 is 0 Å². The Morgan fingerprint density at radius 1 is 1.33 bits per heavy atom. The van der Waals surface area contributed by atoms with Crippen molar-refractivity contribution in [2.45, 2.75) is 0 Å². The Kier molecular flexibility index (Phi) is 2.82. The highest BCUT2D eigenvalue weighted by Gasteiger charge is 1.86. The third-order valence-electron chi connectivity index (χ3n) is 1.22. The molecular formula is C9H7NO2. The van der Waals surface area contributed by atoms with E-state index in [1.165, 1.54) is 24.4 Å². The summed E-state index contributed by atoms with van der Waals surface area (Å²) in [5, 5.41) is 8.91. The molecule has 0 atom stereocenters. The van der Waals surface area contributed by atoms with Crippen LogP contribution in [0, 0.1) is 0 Å². The van der Waals surface area contributed by atoms with Crippen LogP contribution in [0.1, 0.15) is 0 Å². The number of aliphatic imine (C=N–C) groups is 1. The average Bonchev–Trinajstić information content (AvgIpc) is 2.09. The fourth-order valence-electron chi connectivity index (χ4n) is 0.692. The summed E-state index contributed by atoms with van der Waals surface area (Å²) in [6, 6.07) is 6.34. The molecule has 60 valence electrons. The SMILES string of the molecule is O=C=CC=Nc1ccc(O)cc1. The highest BCUT2D eigenvalue weighted by Crippen LogP contribution is 2.15. The van der Waals surface area contributed by atoms with Crippen molar-refractivity contribution in [3.8, 4) is 5.75 Å². The number of carbonyl (C=O) groups excluding carboxylic acids is 1. The molecule has 0 aromatic heterocycles. The molecule has 0 fully saturated rings. The molecule has 1 N–H and O–H groups in total. The molecule has 0 aliphatic rings. The molecule has 1 aromatic rings. The lowest BCUT2D eigenvalue weighted by Crippen LogP contribution is -1.67. The van der Waals surface area contributed by atoms with Gasteiger partial charge in [-0.25, -0.2) is 4.79 Å². The lowest BCUT2D eigenvalue weighted by molar-refractivity contribution is 0.475. The number of phenolic OH excluding ortho intramolecular Hbond substituents is 1. The van der Waals surface area contributed by atoms with Crippen molar-refractivity contribution in [1.29, 1.82) is 0 Å². The van der Waals surface area contributed by atoms with Crippen LogP contribution in [0.2, 0.25) is 0 Å². The molecule has 0 bridgehead atoms. The lowest BCUT2D eigenvalue weighted by atomic mass is 10.3. The van der Waals surface area contributed by atoms with Crippen LogP contribution in [0.15, 0.2) is 35.3 Å². The number of nitrogens with zero attached hydrogens (tertiary/aromatic N) is 1. The molecule has 0 unspecified atom stereocenters. The topological polar surface area (TPSA) is 49.7 Å². The Labute approximate surface area is 69.7 Å². The van der Waals surface area contributed by atoms with E-state index in [1.54, 1.807) is 18.1 Å². The van der Waals surface area contributed by atoms with Gasteiger partial charge in [0.15, 0.2) is 0 Å². The molecule has 0 spiro atoms. The quantitative estimate of drug-likeness (QED) is 0.527. The molecular weight excluding hydrogens is 154 g/mol. The fraction of sp³-hybridized carbons (Fsp3) is 0. The number of aromatic hydroxyl groups is 1. The van der Waals surface area contributed by atoms with Gasteiger partial charge in [0.1, 0.15) is 11.7 Å². The van der Waals surface area contributed by atoms with Crippen LogP contribution in [0.25, 0.3) is 0 Å². The van der Waals surface area contributed by atoms with Crippen molar-refractivity contribution in [2.75, 3.05) is 0 Å². The van der Waals surface area contributed by atoms with E-state index in [1.807, 2.05) is 0 Å². The molecule has 0 aliphatic carbocycles. The van der Waals surface area contributed by atoms with E-state index < -0.39 is 0 Å². The normalized spacial score (nSPS) is 9.67. The Morgan fingerprint density at radius 3 is 2.58 bits per heavy atom. The van der Waals surface area contributed by atoms with Crippen molar-refractivity contribution >= 4 is 17.8 Å².